The highest BCUT2D eigenvalue weighted by Gasteiger charge is 2.43. The van der Waals surface area contributed by atoms with Crippen molar-refractivity contribution >= 4 is 49.5 Å². The fourth-order valence-electron chi connectivity index (χ4n) is 5.30. The molecule has 1 amide bonds. The summed E-state index contributed by atoms with van der Waals surface area (Å²) in [6.45, 7) is 4.55. The molecule has 0 fully saturated rings. The van der Waals surface area contributed by atoms with Crippen molar-refractivity contribution in [3.63, 3.8) is 0 Å². The summed E-state index contributed by atoms with van der Waals surface area (Å²) in [5.41, 5.74) is 2.91. The van der Waals surface area contributed by atoms with Gasteiger partial charge < -0.3 is 9.30 Å². The van der Waals surface area contributed by atoms with Crippen LogP contribution in [0.25, 0.3) is 0 Å². The van der Waals surface area contributed by atoms with Crippen LogP contribution in [0.3, 0.4) is 0 Å². The largest absolute Gasteiger partial charge is 0.492 e. The number of guanidine groups is 1. The van der Waals surface area contributed by atoms with Gasteiger partial charge >= 0.3 is 0 Å². The van der Waals surface area contributed by atoms with Gasteiger partial charge in [-0.15, -0.1) is 0 Å². The molecule has 176 valence electrons. The van der Waals surface area contributed by atoms with E-state index in [-0.39, 0.29) is 11.9 Å². The second-order valence-corrected chi connectivity index (χ2v) is 10.7. The minimum atomic E-state index is -0.0459. The van der Waals surface area contributed by atoms with E-state index in [2.05, 4.69) is 73.2 Å². The van der Waals surface area contributed by atoms with Crippen LogP contribution in [0.2, 0.25) is 0 Å². The molecule has 0 spiro atoms. The Morgan fingerprint density at radius 1 is 1.24 bits per heavy atom. The molecule has 0 saturated heterocycles. The zero-order valence-electron chi connectivity index (χ0n) is 18.9. The molecule has 2 aromatic rings. The molecular weight excluding hydrogens is 562 g/mol. The first-order valence-corrected chi connectivity index (χ1v) is 13.3. The number of carbonyl (C=O) groups is 1. The Kier molecular flexibility index (Phi) is 5.64. The normalized spacial score (nSPS) is 22.6. The Morgan fingerprint density at radius 2 is 2.12 bits per heavy atom. The molecule has 4 heterocycles. The second kappa shape index (κ2) is 8.68. The first-order valence-electron chi connectivity index (χ1n) is 11.7. The van der Waals surface area contributed by atoms with Crippen molar-refractivity contribution in [2.75, 3.05) is 24.6 Å². The molecule has 1 aromatic heterocycles. The van der Waals surface area contributed by atoms with Gasteiger partial charge in [-0.1, -0.05) is 30.4 Å². The Labute approximate surface area is 215 Å². The lowest BCUT2D eigenvalue weighted by Crippen LogP contribution is -2.50. The third-order valence-electron chi connectivity index (χ3n) is 6.88. The molecule has 0 saturated carbocycles. The third-order valence-corrected chi connectivity index (χ3v) is 8.07. The van der Waals surface area contributed by atoms with Crippen molar-refractivity contribution < 1.29 is 9.53 Å². The SMILES string of the molecule is CCN1C(=O)c2c(nc(Br)n2Cc2cc(Br)c3c(c2)CCO3)N2C[C@@H](C[C@H]3C=CC=CC3)N=C12. The summed E-state index contributed by atoms with van der Waals surface area (Å²) >= 11 is 7.28. The molecule has 0 unspecified atom stereocenters. The van der Waals surface area contributed by atoms with Crippen LogP contribution in [0.5, 0.6) is 5.75 Å². The zero-order valence-corrected chi connectivity index (χ0v) is 22.0. The molecule has 4 aliphatic rings. The van der Waals surface area contributed by atoms with E-state index in [1.807, 2.05) is 11.5 Å². The maximum Gasteiger partial charge on any atom is 0.281 e. The standard InChI is InChI=1S/C25H25Br2N5O2/c1-2-30-23(33)20-22(32-14-18(28-25(30)32)11-15-6-4-3-5-7-15)29-24(27)31(20)13-16-10-17-8-9-34-21(17)19(26)12-16/h3-6,10,12,15,18H,2,7-9,11,13-14H2,1H3/t15-,18+/m0/s1. The molecule has 0 N–H and O–H groups in total. The van der Waals surface area contributed by atoms with E-state index in [1.54, 1.807) is 4.90 Å². The molecule has 2 atom stereocenters. The van der Waals surface area contributed by atoms with Crippen molar-refractivity contribution in [1.29, 1.82) is 0 Å². The summed E-state index contributed by atoms with van der Waals surface area (Å²) in [6, 6.07) is 4.38. The van der Waals surface area contributed by atoms with Crippen LogP contribution in [0.1, 0.15) is 41.4 Å². The summed E-state index contributed by atoms with van der Waals surface area (Å²) in [4.78, 5) is 27.4. The summed E-state index contributed by atoms with van der Waals surface area (Å²) in [5, 5.41) is 0. The number of rotatable bonds is 5. The summed E-state index contributed by atoms with van der Waals surface area (Å²) in [7, 11) is 0. The number of benzene rings is 1. The van der Waals surface area contributed by atoms with Crippen molar-refractivity contribution in [3.8, 4) is 5.75 Å². The molecule has 1 aromatic carbocycles. The Balaban J connectivity index is 1.33. The lowest BCUT2D eigenvalue weighted by atomic mass is 9.94. The number of ether oxygens (including phenoxy) is 1. The predicted molar refractivity (Wildman–Crippen MR) is 139 cm³/mol. The molecular formula is C25H25Br2N5O2. The monoisotopic (exact) mass is 585 g/mol. The van der Waals surface area contributed by atoms with E-state index in [0.29, 0.717) is 41.9 Å². The van der Waals surface area contributed by atoms with Crippen molar-refractivity contribution in [3.05, 3.63) is 62.5 Å². The number of hydrogen-bond acceptors (Lipinski definition) is 5. The van der Waals surface area contributed by atoms with Crippen LogP contribution in [-0.4, -0.2) is 52.1 Å². The third kappa shape index (κ3) is 3.64. The number of halogens is 2. The predicted octanol–water partition coefficient (Wildman–Crippen LogP) is 4.93. The molecule has 9 heteroatoms. The number of amides is 1. The number of aromatic nitrogens is 2. The molecule has 34 heavy (non-hydrogen) atoms. The number of fused-ring (bicyclic) bond motifs is 4. The van der Waals surface area contributed by atoms with Gasteiger partial charge in [-0.2, -0.15) is 0 Å². The number of hydrogen-bond donors (Lipinski definition) is 0. The van der Waals surface area contributed by atoms with Crippen LogP contribution < -0.4 is 9.64 Å². The fourth-order valence-corrected chi connectivity index (χ4v) is 6.44. The topological polar surface area (TPSA) is 63.0 Å². The van der Waals surface area contributed by atoms with E-state index < -0.39 is 0 Å². The maximum absolute atomic E-state index is 13.7. The Morgan fingerprint density at radius 3 is 2.91 bits per heavy atom. The van der Waals surface area contributed by atoms with E-state index >= 15 is 0 Å². The van der Waals surface area contributed by atoms with E-state index in [1.165, 1.54) is 5.56 Å². The van der Waals surface area contributed by atoms with Crippen LogP contribution in [0, 0.1) is 5.92 Å². The fraction of sp³-hybridized carbons (Fsp3) is 0.400. The van der Waals surface area contributed by atoms with Gasteiger partial charge in [-0.05, 0) is 74.7 Å². The molecule has 6 rings (SSSR count). The number of carbonyl (C=O) groups excluding carboxylic acids is 1. The number of anilines is 1. The van der Waals surface area contributed by atoms with Crippen molar-refractivity contribution in [2.24, 2.45) is 10.9 Å². The Hall–Kier alpha value is -2.39. The van der Waals surface area contributed by atoms with Crippen LogP contribution in [-0.2, 0) is 13.0 Å². The van der Waals surface area contributed by atoms with Crippen molar-refractivity contribution in [1.82, 2.24) is 14.5 Å². The number of nitrogens with zero attached hydrogens (tertiary/aromatic N) is 5. The highest BCUT2D eigenvalue weighted by Crippen LogP contribution is 2.38. The van der Waals surface area contributed by atoms with Crippen LogP contribution in [0.4, 0.5) is 5.82 Å². The average Bonchev–Trinajstić information content (AvgIpc) is 3.53. The van der Waals surface area contributed by atoms with Gasteiger partial charge in [-0.25, -0.2) is 9.98 Å². The number of aliphatic imine (C=N–C) groups is 1. The highest BCUT2D eigenvalue weighted by atomic mass is 79.9. The zero-order chi connectivity index (χ0) is 23.4. The van der Waals surface area contributed by atoms with Crippen LogP contribution >= 0.6 is 31.9 Å². The Bertz CT molecular complexity index is 1260. The van der Waals surface area contributed by atoms with E-state index in [9.17, 15) is 4.79 Å². The van der Waals surface area contributed by atoms with E-state index in [4.69, 9.17) is 14.7 Å². The van der Waals surface area contributed by atoms with E-state index in [0.717, 1.165) is 47.6 Å². The van der Waals surface area contributed by atoms with Gasteiger partial charge in [0.15, 0.2) is 16.2 Å². The van der Waals surface area contributed by atoms with Gasteiger partial charge in [0.1, 0.15) is 5.75 Å². The van der Waals surface area contributed by atoms with Gasteiger partial charge in [0.05, 0.1) is 30.2 Å². The minimum Gasteiger partial charge on any atom is -0.492 e. The molecule has 1 aliphatic carbocycles. The summed E-state index contributed by atoms with van der Waals surface area (Å²) < 4.78 is 9.31. The lowest BCUT2D eigenvalue weighted by molar-refractivity contribution is 0.0836. The quantitative estimate of drug-likeness (QED) is 0.498. The van der Waals surface area contributed by atoms with Gasteiger partial charge in [0.2, 0.25) is 5.96 Å². The first-order chi connectivity index (χ1) is 16.5. The molecule has 7 nitrogen and oxygen atoms in total. The number of allylic oxidation sites excluding steroid dienone is 4. The van der Waals surface area contributed by atoms with Crippen LogP contribution in [0.15, 0.2) is 50.6 Å². The molecule has 0 radical (unpaired) electrons. The number of imidazole rings is 1. The van der Waals surface area contributed by atoms with Gasteiger partial charge in [0, 0.05) is 13.0 Å². The maximum atomic E-state index is 13.7. The van der Waals surface area contributed by atoms with Gasteiger partial charge in [-0.3, -0.25) is 14.6 Å². The summed E-state index contributed by atoms with van der Waals surface area (Å²) in [6.07, 6.45) is 11.6. The highest BCUT2D eigenvalue weighted by molar-refractivity contribution is 9.10. The molecule has 0 bridgehead atoms. The smallest absolute Gasteiger partial charge is 0.281 e. The van der Waals surface area contributed by atoms with Crippen molar-refractivity contribution in [2.45, 2.75) is 38.8 Å². The second-order valence-electron chi connectivity index (χ2n) is 9.09. The first kappa shape index (κ1) is 22.1. The average molecular weight is 587 g/mol. The lowest BCUT2D eigenvalue weighted by Gasteiger charge is -2.33. The minimum absolute atomic E-state index is 0.0459. The summed E-state index contributed by atoms with van der Waals surface area (Å²) in [5.74, 6) is 2.80. The molecule has 3 aliphatic heterocycles. The van der Waals surface area contributed by atoms with Gasteiger partial charge in [0.25, 0.3) is 5.91 Å².